The van der Waals surface area contributed by atoms with Crippen molar-refractivity contribution in [3.8, 4) is 0 Å². The number of ether oxygens (including phenoxy) is 1. The molecule has 0 bridgehead atoms. The zero-order chi connectivity index (χ0) is 15.1. The number of carbonyl (C=O) groups excluding carboxylic acids is 2. The van der Waals surface area contributed by atoms with Gasteiger partial charge in [0.05, 0.1) is 12.3 Å². The molecule has 1 heterocycles. The summed E-state index contributed by atoms with van der Waals surface area (Å²) < 4.78 is 4.84. The standard InChI is InChI=1S/C14H16ClNO4/c1-4-20-13(18)14(19)10-7-9(15)5-6-11(10)16(8(2)3)12(14)17/h5-8,19H,4H2,1-3H3. The number of halogens is 1. The number of amides is 1. The van der Waals surface area contributed by atoms with E-state index in [1.807, 2.05) is 0 Å². The molecule has 1 N–H and O–H groups in total. The monoisotopic (exact) mass is 297 g/mol. The maximum atomic E-state index is 12.5. The van der Waals surface area contributed by atoms with Crippen LogP contribution in [0.2, 0.25) is 5.02 Å². The molecule has 1 aromatic carbocycles. The zero-order valence-corrected chi connectivity index (χ0v) is 12.3. The highest BCUT2D eigenvalue weighted by molar-refractivity contribution is 6.31. The average molecular weight is 298 g/mol. The molecule has 20 heavy (non-hydrogen) atoms. The van der Waals surface area contributed by atoms with E-state index in [1.165, 1.54) is 11.0 Å². The number of esters is 1. The molecule has 0 saturated carbocycles. The predicted molar refractivity (Wildman–Crippen MR) is 74.6 cm³/mol. The largest absolute Gasteiger partial charge is 0.463 e. The molecule has 0 saturated heterocycles. The maximum absolute atomic E-state index is 12.5. The fraction of sp³-hybridized carbons (Fsp3) is 0.429. The van der Waals surface area contributed by atoms with E-state index in [0.29, 0.717) is 10.7 Å². The lowest BCUT2D eigenvalue weighted by atomic mass is 9.95. The van der Waals surface area contributed by atoms with Crippen LogP contribution in [0.4, 0.5) is 5.69 Å². The van der Waals surface area contributed by atoms with Gasteiger partial charge in [-0.05, 0) is 39.0 Å². The van der Waals surface area contributed by atoms with Gasteiger partial charge in [0.25, 0.3) is 11.5 Å². The van der Waals surface area contributed by atoms with Gasteiger partial charge in [-0.25, -0.2) is 4.79 Å². The molecule has 0 aromatic heterocycles. The minimum absolute atomic E-state index is 0.0754. The molecule has 1 aliphatic rings. The molecule has 0 aliphatic carbocycles. The Hall–Kier alpha value is -1.59. The van der Waals surface area contributed by atoms with Crippen LogP contribution < -0.4 is 4.90 Å². The molecule has 0 spiro atoms. The highest BCUT2D eigenvalue weighted by Crippen LogP contribution is 2.43. The summed E-state index contributed by atoms with van der Waals surface area (Å²) in [5, 5.41) is 11.0. The molecule has 2 rings (SSSR count). The fourth-order valence-corrected chi connectivity index (χ4v) is 2.52. The number of fused-ring (bicyclic) bond motifs is 1. The third-order valence-electron chi connectivity index (χ3n) is 3.22. The van der Waals surface area contributed by atoms with Crippen LogP contribution in [0.15, 0.2) is 18.2 Å². The van der Waals surface area contributed by atoms with E-state index in [1.54, 1.807) is 32.9 Å². The van der Waals surface area contributed by atoms with Crippen LogP contribution >= 0.6 is 11.6 Å². The smallest absolute Gasteiger partial charge is 0.353 e. The van der Waals surface area contributed by atoms with Crippen LogP contribution in [-0.4, -0.2) is 29.6 Å². The van der Waals surface area contributed by atoms with E-state index in [9.17, 15) is 14.7 Å². The quantitative estimate of drug-likeness (QED) is 0.683. The van der Waals surface area contributed by atoms with Crippen molar-refractivity contribution in [3.05, 3.63) is 28.8 Å². The van der Waals surface area contributed by atoms with Crippen molar-refractivity contribution in [2.45, 2.75) is 32.4 Å². The van der Waals surface area contributed by atoms with Gasteiger partial charge in [0.1, 0.15) is 0 Å². The second-order valence-corrected chi connectivity index (χ2v) is 5.30. The third-order valence-corrected chi connectivity index (χ3v) is 3.46. The summed E-state index contributed by atoms with van der Waals surface area (Å²) in [5.41, 5.74) is -1.67. The Bertz CT molecular complexity index is 572. The first kappa shape index (κ1) is 14.8. The van der Waals surface area contributed by atoms with Crippen LogP contribution in [0.25, 0.3) is 0 Å². The van der Waals surface area contributed by atoms with E-state index in [0.717, 1.165) is 0 Å². The van der Waals surface area contributed by atoms with Gasteiger partial charge < -0.3 is 14.7 Å². The van der Waals surface area contributed by atoms with Crippen LogP contribution in [0.3, 0.4) is 0 Å². The molecular formula is C14H16ClNO4. The minimum Gasteiger partial charge on any atom is -0.463 e. The zero-order valence-electron chi connectivity index (χ0n) is 11.5. The Labute approximate surface area is 122 Å². The predicted octanol–water partition coefficient (Wildman–Crippen LogP) is 1.85. The van der Waals surface area contributed by atoms with Gasteiger partial charge in [-0.15, -0.1) is 0 Å². The summed E-state index contributed by atoms with van der Waals surface area (Å²) in [6.45, 7) is 5.28. The van der Waals surface area contributed by atoms with Crippen LogP contribution in [0, 0.1) is 0 Å². The second kappa shape index (κ2) is 5.07. The molecule has 1 atom stereocenters. The number of anilines is 1. The molecule has 108 valence electrons. The lowest BCUT2D eigenvalue weighted by Crippen LogP contribution is -2.49. The van der Waals surface area contributed by atoms with Gasteiger partial charge in [0.15, 0.2) is 0 Å². The van der Waals surface area contributed by atoms with Crippen LogP contribution in [-0.2, 0) is 19.9 Å². The first-order valence-electron chi connectivity index (χ1n) is 6.37. The van der Waals surface area contributed by atoms with Crippen molar-refractivity contribution in [1.29, 1.82) is 0 Å². The molecule has 6 heteroatoms. The number of carbonyl (C=O) groups is 2. The van der Waals surface area contributed by atoms with E-state index in [2.05, 4.69) is 0 Å². The van der Waals surface area contributed by atoms with Gasteiger partial charge in [-0.3, -0.25) is 4.79 Å². The molecule has 1 amide bonds. The summed E-state index contributed by atoms with van der Waals surface area (Å²) in [5.74, 6) is -1.68. The molecule has 0 fully saturated rings. The summed E-state index contributed by atoms with van der Waals surface area (Å²) in [6.07, 6.45) is 0. The highest BCUT2D eigenvalue weighted by atomic mass is 35.5. The average Bonchev–Trinajstić information content (AvgIpc) is 2.60. The van der Waals surface area contributed by atoms with E-state index in [-0.39, 0.29) is 18.2 Å². The van der Waals surface area contributed by atoms with E-state index < -0.39 is 17.5 Å². The number of nitrogens with zero attached hydrogens (tertiary/aromatic N) is 1. The van der Waals surface area contributed by atoms with Crippen molar-refractivity contribution in [3.63, 3.8) is 0 Å². The van der Waals surface area contributed by atoms with Gasteiger partial charge in [0.2, 0.25) is 0 Å². The topological polar surface area (TPSA) is 66.8 Å². The fourth-order valence-electron chi connectivity index (χ4n) is 2.35. The van der Waals surface area contributed by atoms with Crippen molar-refractivity contribution in [1.82, 2.24) is 0 Å². The number of benzene rings is 1. The second-order valence-electron chi connectivity index (χ2n) is 4.86. The third kappa shape index (κ3) is 1.98. The van der Waals surface area contributed by atoms with Crippen LogP contribution in [0.5, 0.6) is 0 Å². The Morgan fingerprint density at radius 3 is 2.70 bits per heavy atom. The van der Waals surface area contributed by atoms with Crippen molar-refractivity contribution >= 4 is 29.2 Å². The van der Waals surface area contributed by atoms with Crippen LogP contribution in [0.1, 0.15) is 26.3 Å². The summed E-state index contributed by atoms with van der Waals surface area (Å²) in [7, 11) is 0. The Morgan fingerprint density at radius 2 is 2.15 bits per heavy atom. The molecular weight excluding hydrogens is 282 g/mol. The first-order valence-corrected chi connectivity index (χ1v) is 6.75. The van der Waals surface area contributed by atoms with Crippen molar-refractivity contribution in [2.24, 2.45) is 0 Å². The molecule has 1 unspecified atom stereocenters. The van der Waals surface area contributed by atoms with E-state index in [4.69, 9.17) is 16.3 Å². The van der Waals surface area contributed by atoms with Gasteiger partial charge in [0, 0.05) is 16.6 Å². The molecule has 5 nitrogen and oxygen atoms in total. The van der Waals surface area contributed by atoms with E-state index >= 15 is 0 Å². The Morgan fingerprint density at radius 1 is 1.50 bits per heavy atom. The summed E-state index contributed by atoms with van der Waals surface area (Å²) in [6, 6.07) is 4.45. The first-order chi connectivity index (χ1) is 9.33. The lowest BCUT2D eigenvalue weighted by Gasteiger charge is -2.24. The highest BCUT2D eigenvalue weighted by Gasteiger charge is 2.57. The number of hydrogen-bond donors (Lipinski definition) is 1. The van der Waals surface area contributed by atoms with Gasteiger partial charge in [-0.2, -0.15) is 0 Å². The number of aliphatic hydroxyl groups is 1. The SMILES string of the molecule is CCOC(=O)C1(O)C(=O)N(C(C)C)c2ccc(Cl)cc21. The lowest BCUT2D eigenvalue weighted by molar-refractivity contribution is -0.170. The van der Waals surface area contributed by atoms with Crippen molar-refractivity contribution in [2.75, 3.05) is 11.5 Å². The maximum Gasteiger partial charge on any atom is 0.353 e. The summed E-state index contributed by atoms with van der Waals surface area (Å²) >= 11 is 5.91. The normalized spacial score (nSPS) is 21.3. The molecule has 0 radical (unpaired) electrons. The molecule has 1 aromatic rings. The summed E-state index contributed by atoms with van der Waals surface area (Å²) in [4.78, 5) is 25.9. The van der Waals surface area contributed by atoms with Gasteiger partial charge >= 0.3 is 5.97 Å². The van der Waals surface area contributed by atoms with Gasteiger partial charge in [-0.1, -0.05) is 11.6 Å². The number of rotatable bonds is 3. The molecule has 1 aliphatic heterocycles. The Kier molecular flexibility index (Phi) is 3.75. The van der Waals surface area contributed by atoms with Crippen molar-refractivity contribution < 1.29 is 19.4 Å². The minimum atomic E-state index is -2.32. The number of hydrogen-bond acceptors (Lipinski definition) is 4. The Balaban J connectivity index is 2.64.